The van der Waals surface area contributed by atoms with Crippen molar-refractivity contribution in [1.82, 2.24) is 0 Å². The van der Waals surface area contributed by atoms with Gasteiger partial charge in [-0.15, -0.1) is 0 Å². The van der Waals surface area contributed by atoms with Crippen LogP contribution in [0.4, 0.5) is 0 Å². The summed E-state index contributed by atoms with van der Waals surface area (Å²) in [4.78, 5) is 0. The van der Waals surface area contributed by atoms with Gasteiger partial charge in [-0.2, -0.15) is 0 Å². The number of hydrogen-bond donors (Lipinski definition) is 0. The predicted molar refractivity (Wildman–Crippen MR) is 47.4 cm³/mol. The van der Waals surface area contributed by atoms with Crippen LogP contribution in [0.3, 0.4) is 0 Å². The smallest absolute Gasteiger partial charge is 0.332 e. The van der Waals surface area contributed by atoms with E-state index in [4.69, 9.17) is 23.0 Å². The van der Waals surface area contributed by atoms with Crippen molar-refractivity contribution in [3.05, 3.63) is 0 Å². The molecule has 13 heavy (non-hydrogen) atoms. The summed E-state index contributed by atoms with van der Waals surface area (Å²) in [6.07, 6.45) is 0.311. The van der Waals surface area contributed by atoms with Gasteiger partial charge in [0.1, 0.15) is 6.10 Å². The van der Waals surface area contributed by atoms with Crippen LogP contribution in [0.25, 0.3) is 0 Å². The zero-order valence-electron chi connectivity index (χ0n) is 7.89. The van der Waals surface area contributed by atoms with Crippen LogP contribution in [-0.2, 0) is 23.0 Å². The minimum absolute atomic E-state index is 0.311. The first-order valence-electron chi connectivity index (χ1n) is 4.07. The molecule has 0 aliphatic carbocycles. The molecule has 0 aromatic heterocycles. The van der Waals surface area contributed by atoms with E-state index in [0.29, 0.717) is 25.9 Å². The van der Waals surface area contributed by atoms with E-state index in [-0.39, 0.29) is 0 Å². The van der Waals surface area contributed by atoms with Crippen molar-refractivity contribution in [3.63, 3.8) is 0 Å². The summed E-state index contributed by atoms with van der Waals surface area (Å²) in [6.45, 7) is 2.51. The molecule has 6 heteroatoms. The van der Waals surface area contributed by atoms with Crippen molar-refractivity contribution in [2.75, 3.05) is 40.6 Å². The largest absolute Gasteiger partial charge is 0.376 e. The van der Waals surface area contributed by atoms with E-state index in [1.807, 2.05) is 0 Å². The zero-order chi connectivity index (χ0) is 9.52. The minimum Gasteiger partial charge on any atom is -0.376 e. The molecule has 1 saturated heterocycles. The third kappa shape index (κ3) is 5.52. The first-order valence-corrected chi connectivity index (χ1v) is 5.17. The highest BCUT2D eigenvalue weighted by molar-refractivity contribution is 7.41. The molecule has 1 unspecified atom stereocenters. The van der Waals surface area contributed by atoms with E-state index in [9.17, 15) is 0 Å². The summed E-state index contributed by atoms with van der Waals surface area (Å²) in [6, 6.07) is 0. The van der Waals surface area contributed by atoms with Gasteiger partial charge in [-0.25, -0.2) is 0 Å². The molecule has 0 amide bonds. The van der Waals surface area contributed by atoms with Gasteiger partial charge < -0.3 is 23.0 Å². The fourth-order valence-corrected chi connectivity index (χ4v) is 1.31. The lowest BCUT2D eigenvalue weighted by molar-refractivity contribution is 0.0797. The van der Waals surface area contributed by atoms with Crippen LogP contribution >= 0.6 is 8.60 Å². The molecule has 1 aliphatic heterocycles. The Hall–Kier alpha value is 0.230. The number of hydrogen-bond acceptors (Lipinski definition) is 5. The van der Waals surface area contributed by atoms with Crippen molar-refractivity contribution in [2.24, 2.45) is 0 Å². The Morgan fingerprint density at radius 3 is 2.54 bits per heavy atom. The number of epoxide rings is 1. The molecule has 1 heterocycles. The normalized spacial score (nSPS) is 21.0. The summed E-state index contributed by atoms with van der Waals surface area (Å²) in [5, 5.41) is 0. The van der Waals surface area contributed by atoms with Gasteiger partial charge >= 0.3 is 8.60 Å². The monoisotopic (exact) mass is 210 g/mol. The van der Waals surface area contributed by atoms with Crippen LogP contribution in [0, 0.1) is 0 Å². The van der Waals surface area contributed by atoms with Crippen LogP contribution in [0.2, 0.25) is 0 Å². The second-order valence-corrected chi connectivity index (χ2v) is 3.89. The van der Waals surface area contributed by atoms with Gasteiger partial charge in [-0.1, -0.05) is 0 Å². The van der Waals surface area contributed by atoms with Crippen LogP contribution in [0.1, 0.15) is 0 Å². The van der Waals surface area contributed by atoms with Crippen molar-refractivity contribution in [2.45, 2.75) is 6.10 Å². The average Bonchev–Trinajstić information content (AvgIpc) is 2.95. The minimum atomic E-state index is -1.18. The molecule has 1 fully saturated rings. The molecular weight excluding hydrogens is 195 g/mol. The van der Waals surface area contributed by atoms with Gasteiger partial charge in [-0.05, 0) is 0 Å². The highest BCUT2D eigenvalue weighted by Crippen LogP contribution is 2.36. The SMILES string of the molecule is COP(OC)OCCOCC1CO1. The Morgan fingerprint density at radius 1 is 1.31 bits per heavy atom. The fraction of sp³-hybridized carbons (Fsp3) is 1.00. The maximum absolute atomic E-state index is 5.25. The Labute approximate surface area is 79.3 Å². The van der Waals surface area contributed by atoms with Crippen molar-refractivity contribution in [1.29, 1.82) is 0 Å². The molecule has 0 saturated carbocycles. The van der Waals surface area contributed by atoms with Crippen LogP contribution in [-0.4, -0.2) is 46.8 Å². The maximum Gasteiger partial charge on any atom is 0.332 e. The topological polar surface area (TPSA) is 49.5 Å². The van der Waals surface area contributed by atoms with Gasteiger partial charge in [0.25, 0.3) is 0 Å². The van der Waals surface area contributed by atoms with Crippen molar-refractivity contribution >= 4 is 8.60 Å². The quantitative estimate of drug-likeness (QED) is 0.339. The standard InChI is InChI=1S/C7H15O5P/c1-8-13(9-2)12-4-3-10-5-7-6-11-7/h7H,3-6H2,1-2H3. The van der Waals surface area contributed by atoms with Crippen molar-refractivity contribution < 1.29 is 23.0 Å². The zero-order valence-corrected chi connectivity index (χ0v) is 8.79. The molecule has 0 radical (unpaired) electrons. The van der Waals surface area contributed by atoms with Gasteiger partial charge in [-0.3, -0.25) is 0 Å². The molecule has 78 valence electrons. The van der Waals surface area contributed by atoms with E-state index in [0.717, 1.165) is 6.61 Å². The van der Waals surface area contributed by atoms with Gasteiger partial charge in [0, 0.05) is 14.2 Å². The molecule has 1 atom stereocenters. The Kier molecular flexibility index (Phi) is 5.78. The molecule has 0 bridgehead atoms. The van der Waals surface area contributed by atoms with Gasteiger partial charge in [0.05, 0.1) is 26.4 Å². The molecule has 1 aliphatic rings. The summed E-state index contributed by atoms with van der Waals surface area (Å²) in [5.74, 6) is 0. The summed E-state index contributed by atoms with van der Waals surface area (Å²) >= 11 is 0. The molecule has 1 rings (SSSR count). The molecular formula is C7H15O5P. The molecule has 0 N–H and O–H groups in total. The van der Waals surface area contributed by atoms with E-state index in [1.54, 1.807) is 14.2 Å². The van der Waals surface area contributed by atoms with E-state index in [1.165, 1.54) is 0 Å². The van der Waals surface area contributed by atoms with Gasteiger partial charge in [0.2, 0.25) is 0 Å². The maximum atomic E-state index is 5.25. The molecule has 0 spiro atoms. The molecule has 0 aromatic carbocycles. The Balaban J connectivity index is 1.81. The second kappa shape index (κ2) is 6.65. The fourth-order valence-electron chi connectivity index (χ4n) is 0.730. The first kappa shape index (κ1) is 11.3. The van der Waals surface area contributed by atoms with E-state index < -0.39 is 8.60 Å². The first-order chi connectivity index (χ1) is 6.36. The lowest BCUT2D eigenvalue weighted by Gasteiger charge is -2.11. The number of ether oxygens (including phenoxy) is 2. The number of rotatable bonds is 8. The lowest BCUT2D eigenvalue weighted by Crippen LogP contribution is -2.07. The van der Waals surface area contributed by atoms with Crippen LogP contribution < -0.4 is 0 Å². The third-order valence-corrected chi connectivity index (χ3v) is 2.42. The summed E-state index contributed by atoms with van der Waals surface area (Å²) in [7, 11) is 1.92. The summed E-state index contributed by atoms with van der Waals surface area (Å²) < 4.78 is 25.2. The highest BCUT2D eigenvalue weighted by Gasteiger charge is 2.22. The predicted octanol–water partition coefficient (Wildman–Crippen LogP) is 0.938. The second-order valence-electron chi connectivity index (χ2n) is 2.45. The third-order valence-electron chi connectivity index (χ3n) is 1.43. The highest BCUT2D eigenvalue weighted by atomic mass is 31.2. The summed E-state index contributed by atoms with van der Waals surface area (Å²) in [5.41, 5.74) is 0. The van der Waals surface area contributed by atoms with Gasteiger partial charge in [0.15, 0.2) is 0 Å². The Morgan fingerprint density at radius 2 is 2.00 bits per heavy atom. The van der Waals surface area contributed by atoms with E-state index >= 15 is 0 Å². The Bertz CT molecular complexity index is 126. The van der Waals surface area contributed by atoms with Crippen molar-refractivity contribution in [3.8, 4) is 0 Å². The van der Waals surface area contributed by atoms with Crippen LogP contribution in [0.5, 0.6) is 0 Å². The average molecular weight is 210 g/mol. The van der Waals surface area contributed by atoms with Crippen LogP contribution in [0.15, 0.2) is 0 Å². The van der Waals surface area contributed by atoms with E-state index in [2.05, 4.69) is 0 Å². The lowest BCUT2D eigenvalue weighted by atomic mass is 10.5. The molecule has 5 nitrogen and oxygen atoms in total. The molecule has 0 aromatic rings.